The molecule has 2 atom stereocenters. The van der Waals surface area contributed by atoms with Crippen molar-refractivity contribution < 1.29 is 14.3 Å². The van der Waals surface area contributed by atoms with E-state index in [4.69, 9.17) is 9.47 Å². The number of thiazole rings is 1. The molecule has 23 heavy (non-hydrogen) atoms. The maximum atomic E-state index is 13.2. The monoisotopic (exact) mass is 337 g/mol. The average molecular weight is 337 g/mol. The number of hydrogen-bond donors (Lipinski definition) is 0. The Morgan fingerprint density at radius 3 is 3.00 bits per heavy atom. The van der Waals surface area contributed by atoms with Crippen LogP contribution in [0.4, 0.5) is 0 Å². The van der Waals surface area contributed by atoms with Gasteiger partial charge in [-0.2, -0.15) is 0 Å². The van der Waals surface area contributed by atoms with Gasteiger partial charge in [0.1, 0.15) is 5.01 Å². The molecule has 0 N–H and O–H groups in total. The molecule has 7 heteroatoms. The number of ether oxygens (including phenoxy) is 2. The molecular weight excluding hydrogens is 314 g/mol. The highest BCUT2D eigenvalue weighted by Crippen LogP contribution is 2.43. The fraction of sp³-hybridized carbons (Fsp3) is 0.750. The predicted octanol–water partition coefficient (Wildman–Crippen LogP) is 0.759. The quantitative estimate of drug-likeness (QED) is 0.815. The van der Waals surface area contributed by atoms with Gasteiger partial charge in [-0.1, -0.05) is 0 Å². The summed E-state index contributed by atoms with van der Waals surface area (Å²) in [7, 11) is 0. The van der Waals surface area contributed by atoms with Gasteiger partial charge in [0.25, 0.3) is 0 Å². The summed E-state index contributed by atoms with van der Waals surface area (Å²) in [5, 5.41) is 3.22. The summed E-state index contributed by atoms with van der Waals surface area (Å²) in [6.45, 7) is 8.54. The molecule has 3 aliphatic heterocycles. The van der Waals surface area contributed by atoms with E-state index in [2.05, 4.69) is 15.3 Å². The first kappa shape index (κ1) is 15.5. The maximum Gasteiger partial charge on any atom is 0.233 e. The lowest BCUT2D eigenvalue weighted by atomic mass is 9.79. The summed E-state index contributed by atoms with van der Waals surface area (Å²) in [4.78, 5) is 22.1. The van der Waals surface area contributed by atoms with E-state index in [9.17, 15) is 4.79 Å². The number of amides is 1. The van der Waals surface area contributed by atoms with Gasteiger partial charge in [-0.3, -0.25) is 9.69 Å². The number of rotatable bonds is 3. The van der Waals surface area contributed by atoms with E-state index in [1.807, 2.05) is 11.8 Å². The van der Waals surface area contributed by atoms with Gasteiger partial charge in [0.05, 0.1) is 38.4 Å². The van der Waals surface area contributed by atoms with Crippen molar-refractivity contribution in [1.29, 1.82) is 0 Å². The average Bonchev–Trinajstić information content (AvgIpc) is 3.22. The molecule has 0 unspecified atom stereocenters. The predicted molar refractivity (Wildman–Crippen MR) is 86.3 cm³/mol. The van der Waals surface area contributed by atoms with Crippen LogP contribution in [-0.2, 0) is 20.8 Å². The second-order valence-corrected chi connectivity index (χ2v) is 7.77. The van der Waals surface area contributed by atoms with Crippen LogP contribution in [0.15, 0.2) is 5.38 Å². The number of hydrogen-bond acceptors (Lipinski definition) is 6. The lowest BCUT2D eigenvalue weighted by Crippen LogP contribution is -2.52. The lowest BCUT2D eigenvalue weighted by Gasteiger charge is -2.35. The number of morpholine rings is 1. The fourth-order valence-corrected chi connectivity index (χ4v) is 4.82. The van der Waals surface area contributed by atoms with Crippen molar-refractivity contribution in [2.24, 2.45) is 11.3 Å². The Balaban J connectivity index is 1.49. The molecule has 126 valence electrons. The Kier molecular flexibility index (Phi) is 4.13. The van der Waals surface area contributed by atoms with Gasteiger partial charge in [-0.25, -0.2) is 4.98 Å². The number of carbonyl (C=O) groups excluding carboxylic acids is 1. The highest BCUT2D eigenvalue weighted by atomic mass is 32.1. The van der Waals surface area contributed by atoms with Crippen molar-refractivity contribution in [1.82, 2.24) is 14.8 Å². The highest BCUT2D eigenvalue weighted by Gasteiger charge is 2.56. The summed E-state index contributed by atoms with van der Waals surface area (Å²) in [5.74, 6) is 0.569. The molecule has 1 amide bonds. The van der Waals surface area contributed by atoms with E-state index in [0.717, 1.165) is 30.3 Å². The SMILES string of the molecule is Cc1csc(CN2C[C@H]3COC[C@@]3(C(=O)N3CCOCC3)C2)n1. The minimum Gasteiger partial charge on any atom is -0.380 e. The van der Waals surface area contributed by atoms with Crippen molar-refractivity contribution in [2.45, 2.75) is 13.5 Å². The zero-order valence-electron chi connectivity index (χ0n) is 13.5. The van der Waals surface area contributed by atoms with Crippen molar-refractivity contribution >= 4 is 17.2 Å². The fourth-order valence-electron chi connectivity index (χ4n) is 4.01. The van der Waals surface area contributed by atoms with E-state index in [0.29, 0.717) is 45.4 Å². The molecule has 4 rings (SSSR count). The van der Waals surface area contributed by atoms with E-state index < -0.39 is 0 Å². The maximum absolute atomic E-state index is 13.2. The van der Waals surface area contributed by atoms with Gasteiger partial charge in [-0.15, -0.1) is 11.3 Å². The first-order valence-electron chi connectivity index (χ1n) is 8.26. The smallest absolute Gasteiger partial charge is 0.233 e. The molecular formula is C16H23N3O3S. The molecule has 6 nitrogen and oxygen atoms in total. The van der Waals surface area contributed by atoms with Crippen molar-refractivity contribution in [3.05, 3.63) is 16.1 Å². The first-order chi connectivity index (χ1) is 11.2. The van der Waals surface area contributed by atoms with Crippen LogP contribution in [0.3, 0.4) is 0 Å². The highest BCUT2D eigenvalue weighted by molar-refractivity contribution is 7.09. The summed E-state index contributed by atoms with van der Waals surface area (Å²) in [6, 6.07) is 0. The number of nitrogens with zero attached hydrogens (tertiary/aromatic N) is 3. The molecule has 3 saturated heterocycles. The molecule has 1 aromatic rings. The van der Waals surface area contributed by atoms with Gasteiger partial charge in [0.2, 0.25) is 5.91 Å². The normalized spacial score (nSPS) is 31.5. The number of likely N-dealkylation sites (tertiary alicyclic amines) is 1. The van der Waals surface area contributed by atoms with Crippen LogP contribution >= 0.6 is 11.3 Å². The third kappa shape index (κ3) is 2.80. The topological polar surface area (TPSA) is 54.9 Å². The zero-order valence-corrected chi connectivity index (χ0v) is 14.3. The summed E-state index contributed by atoms with van der Waals surface area (Å²) < 4.78 is 11.1. The summed E-state index contributed by atoms with van der Waals surface area (Å²) >= 11 is 1.70. The van der Waals surface area contributed by atoms with Gasteiger partial charge in [0, 0.05) is 43.2 Å². The lowest BCUT2D eigenvalue weighted by molar-refractivity contribution is -0.147. The van der Waals surface area contributed by atoms with Gasteiger partial charge in [0.15, 0.2) is 0 Å². The first-order valence-corrected chi connectivity index (χ1v) is 9.13. The molecule has 0 saturated carbocycles. The number of aromatic nitrogens is 1. The molecule has 0 spiro atoms. The Hall–Kier alpha value is -1.02. The van der Waals surface area contributed by atoms with Gasteiger partial charge >= 0.3 is 0 Å². The standard InChI is InChI=1S/C16H23N3O3S/c1-12-9-23-14(17-12)7-18-6-13-8-22-11-16(13,10-18)15(20)19-2-4-21-5-3-19/h9,13H,2-8,10-11H2,1H3/t13-,16-/m0/s1. The third-order valence-corrected chi connectivity index (χ3v) is 6.15. The molecule has 4 heterocycles. The largest absolute Gasteiger partial charge is 0.380 e. The molecule has 0 bridgehead atoms. The Morgan fingerprint density at radius 2 is 2.26 bits per heavy atom. The number of aryl methyl sites for hydroxylation is 1. The second-order valence-electron chi connectivity index (χ2n) is 6.83. The van der Waals surface area contributed by atoms with Crippen LogP contribution in [0.1, 0.15) is 10.7 Å². The third-order valence-electron chi connectivity index (χ3n) is 5.19. The Bertz CT molecular complexity index is 587. The van der Waals surface area contributed by atoms with Crippen LogP contribution in [0.25, 0.3) is 0 Å². The van der Waals surface area contributed by atoms with Crippen LogP contribution < -0.4 is 0 Å². The van der Waals surface area contributed by atoms with E-state index >= 15 is 0 Å². The molecule has 0 aromatic carbocycles. The van der Waals surface area contributed by atoms with Crippen LogP contribution in [0.5, 0.6) is 0 Å². The van der Waals surface area contributed by atoms with Crippen molar-refractivity contribution in [2.75, 3.05) is 52.6 Å². The Labute approximate surface area is 140 Å². The molecule has 0 aliphatic carbocycles. The van der Waals surface area contributed by atoms with E-state index in [1.54, 1.807) is 11.3 Å². The van der Waals surface area contributed by atoms with E-state index in [-0.39, 0.29) is 11.3 Å². The molecule has 1 aromatic heterocycles. The van der Waals surface area contributed by atoms with Crippen molar-refractivity contribution in [3.63, 3.8) is 0 Å². The van der Waals surface area contributed by atoms with Crippen LogP contribution in [0, 0.1) is 18.3 Å². The molecule has 3 fully saturated rings. The van der Waals surface area contributed by atoms with Crippen molar-refractivity contribution in [3.8, 4) is 0 Å². The summed E-state index contributed by atoms with van der Waals surface area (Å²) in [6.07, 6.45) is 0. The Morgan fingerprint density at radius 1 is 1.43 bits per heavy atom. The van der Waals surface area contributed by atoms with Crippen LogP contribution in [-0.4, -0.2) is 73.3 Å². The van der Waals surface area contributed by atoms with Gasteiger partial charge < -0.3 is 14.4 Å². The number of fused-ring (bicyclic) bond motifs is 1. The minimum atomic E-state index is -0.357. The summed E-state index contributed by atoms with van der Waals surface area (Å²) in [5.41, 5.74) is 0.718. The molecule has 3 aliphatic rings. The second kappa shape index (κ2) is 6.12. The number of carbonyl (C=O) groups is 1. The minimum absolute atomic E-state index is 0.265. The van der Waals surface area contributed by atoms with Crippen LogP contribution in [0.2, 0.25) is 0 Å². The van der Waals surface area contributed by atoms with Gasteiger partial charge in [-0.05, 0) is 6.92 Å². The zero-order chi connectivity index (χ0) is 15.9. The molecule has 0 radical (unpaired) electrons. The van der Waals surface area contributed by atoms with E-state index in [1.165, 1.54) is 0 Å².